The van der Waals surface area contributed by atoms with E-state index in [-0.39, 0.29) is 29.3 Å². The van der Waals surface area contributed by atoms with Crippen LogP contribution in [0.15, 0.2) is 36.4 Å². The lowest BCUT2D eigenvalue weighted by molar-refractivity contribution is -0.115. The van der Waals surface area contributed by atoms with Gasteiger partial charge >= 0.3 is 0 Å². The summed E-state index contributed by atoms with van der Waals surface area (Å²) in [5, 5.41) is 2.52. The molecule has 0 bridgehead atoms. The van der Waals surface area contributed by atoms with Crippen molar-refractivity contribution < 1.29 is 27.1 Å². The lowest BCUT2D eigenvalue weighted by atomic mass is 10.1. The van der Waals surface area contributed by atoms with Crippen LogP contribution >= 0.6 is 0 Å². The van der Waals surface area contributed by atoms with Crippen molar-refractivity contribution in [1.29, 1.82) is 0 Å². The molecule has 0 aliphatic heterocycles. The van der Waals surface area contributed by atoms with Crippen LogP contribution in [0.2, 0.25) is 0 Å². The van der Waals surface area contributed by atoms with Gasteiger partial charge in [0.05, 0.1) is 11.3 Å². The Balaban J connectivity index is 2.25. The number of carbonyl (C=O) groups is 1. The number of hydrogen-bond donors (Lipinski definition) is 1. The van der Waals surface area contributed by atoms with E-state index in [1.54, 1.807) is 6.92 Å². The Morgan fingerprint density at radius 3 is 2.62 bits per heavy atom. The van der Waals surface area contributed by atoms with Gasteiger partial charge in [0.1, 0.15) is 24.0 Å². The Hall–Kier alpha value is -2.57. The molecule has 7 heteroatoms. The van der Waals surface area contributed by atoms with Crippen LogP contribution in [0.1, 0.15) is 30.9 Å². The highest BCUT2D eigenvalue weighted by molar-refractivity contribution is 5.91. The van der Waals surface area contributed by atoms with Crippen molar-refractivity contribution in [3.63, 3.8) is 0 Å². The molecule has 0 saturated heterocycles. The first kappa shape index (κ1) is 17.8. The van der Waals surface area contributed by atoms with E-state index in [0.29, 0.717) is 6.07 Å². The molecule has 2 aromatic rings. The van der Waals surface area contributed by atoms with Crippen LogP contribution in [0.4, 0.5) is 23.2 Å². The molecule has 0 spiro atoms. The molecule has 2 rings (SSSR count). The van der Waals surface area contributed by atoms with E-state index >= 15 is 0 Å². The summed E-state index contributed by atoms with van der Waals surface area (Å²) in [5.41, 5.74) is -0.406. The number of halogens is 4. The third-order valence-corrected chi connectivity index (χ3v) is 3.29. The normalized spacial score (nSPS) is 10.8. The van der Waals surface area contributed by atoms with Crippen LogP contribution in [0, 0.1) is 11.6 Å². The second kappa shape index (κ2) is 7.81. The van der Waals surface area contributed by atoms with E-state index in [2.05, 4.69) is 5.32 Å². The van der Waals surface area contributed by atoms with Gasteiger partial charge in [-0.3, -0.25) is 4.79 Å². The molecule has 1 N–H and O–H groups in total. The Morgan fingerprint density at radius 2 is 1.96 bits per heavy atom. The lowest BCUT2D eigenvalue weighted by Crippen LogP contribution is -2.13. The van der Waals surface area contributed by atoms with Gasteiger partial charge in [-0.2, -0.15) is 0 Å². The number of amides is 1. The predicted octanol–water partition coefficient (Wildman–Crippen LogP) is 4.83. The third kappa shape index (κ3) is 4.24. The minimum absolute atomic E-state index is 0.0174. The maximum atomic E-state index is 14.0. The van der Waals surface area contributed by atoms with Crippen LogP contribution in [0.5, 0.6) is 5.75 Å². The second-order valence-corrected chi connectivity index (χ2v) is 4.94. The third-order valence-electron chi connectivity index (χ3n) is 3.29. The lowest BCUT2D eigenvalue weighted by Gasteiger charge is -2.15. The highest BCUT2D eigenvalue weighted by Gasteiger charge is 2.17. The van der Waals surface area contributed by atoms with Gasteiger partial charge in [0.2, 0.25) is 5.91 Å². The predicted molar refractivity (Wildman–Crippen MR) is 81.0 cm³/mol. The van der Waals surface area contributed by atoms with Gasteiger partial charge < -0.3 is 10.1 Å². The summed E-state index contributed by atoms with van der Waals surface area (Å²) in [4.78, 5) is 11.5. The fourth-order valence-electron chi connectivity index (χ4n) is 2.03. The van der Waals surface area contributed by atoms with E-state index in [0.717, 1.165) is 12.1 Å². The molecule has 2 aromatic carbocycles. The van der Waals surface area contributed by atoms with Crippen molar-refractivity contribution in [3.05, 3.63) is 59.2 Å². The molecule has 3 nitrogen and oxygen atoms in total. The van der Waals surface area contributed by atoms with E-state index < -0.39 is 30.2 Å². The molecule has 0 aliphatic carbocycles. The molecule has 0 aliphatic rings. The number of carbonyl (C=O) groups excluding carboxylic acids is 1. The average molecular weight is 341 g/mol. The second-order valence-electron chi connectivity index (χ2n) is 4.94. The standard InChI is InChI=1S/C17H15F4NO2/c1-2-16(23)22-14-5-3-4-13(19)12(14)9-24-15-7-6-10(18)8-11(15)17(20)21/h3-8,17H,2,9H2,1H3,(H,22,23). The number of ether oxygens (including phenoxy) is 1. The highest BCUT2D eigenvalue weighted by atomic mass is 19.3. The zero-order valence-corrected chi connectivity index (χ0v) is 12.8. The zero-order valence-electron chi connectivity index (χ0n) is 12.8. The molecular formula is C17H15F4NO2. The molecule has 0 atom stereocenters. The number of benzene rings is 2. The monoisotopic (exact) mass is 341 g/mol. The summed E-state index contributed by atoms with van der Waals surface area (Å²) in [7, 11) is 0. The van der Waals surface area contributed by atoms with Gasteiger partial charge in [0.15, 0.2) is 0 Å². The van der Waals surface area contributed by atoms with E-state index in [4.69, 9.17) is 4.74 Å². The largest absolute Gasteiger partial charge is 0.488 e. The summed E-state index contributed by atoms with van der Waals surface area (Å²) in [6.45, 7) is 1.25. The molecule has 0 radical (unpaired) electrons. The number of hydrogen-bond acceptors (Lipinski definition) is 2. The summed E-state index contributed by atoms with van der Waals surface area (Å²) < 4.78 is 58.2. The van der Waals surface area contributed by atoms with Gasteiger partial charge in [0.25, 0.3) is 6.43 Å². The summed E-state index contributed by atoms with van der Waals surface area (Å²) in [5.74, 6) is -2.04. The van der Waals surface area contributed by atoms with Gasteiger partial charge in [0, 0.05) is 12.0 Å². The summed E-state index contributed by atoms with van der Waals surface area (Å²) in [6, 6.07) is 6.75. The number of rotatable bonds is 6. The molecule has 0 heterocycles. The molecule has 24 heavy (non-hydrogen) atoms. The number of anilines is 1. The van der Waals surface area contributed by atoms with E-state index in [9.17, 15) is 22.4 Å². The van der Waals surface area contributed by atoms with Crippen molar-refractivity contribution in [3.8, 4) is 5.75 Å². The van der Waals surface area contributed by atoms with E-state index in [1.807, 2.05) is 0 Å². The Labute approximate surface area is 136 Å². The minimum Gasteiger partial charge on any atom is -0.488 e. The fraction of sp³-hybridized carbons (Fsp3) is 0.235. The Morgan fingerprint density at radius 1 is 1.21 bits per heavy atom. The molecule has 128 valence electrons. The average Bonchev–Trinajstić information content (AvgIpc) is 2.55. The smallest absolute Gasteiger partial charge is 0.267 e. The number of nitrogens with one attached hydrogen (secondary N) is 1. The molecule has 0 aromatic heterocycles. The van der Waals surface area contributed by atoms with Crippen LogP contribution < -0.4 is 10.1 Å². The maximum Gasteiger partial charge on any atom is 0.267 e. The first-order valence-corrected chi connectivity index (χ1v) is 7.20. The molecule has 0 fully saturated rings. The van der Waals surface area contributed by atoms with Gasteiger partial charge in [-0.15, -0.1) is 0 Å². The quantitative estimate of drug-likeness (QED) is 0.764. The van der Waals surface area contributed by atoms with E-state index in [1.165, 1.54) is 18.2 Å². The van der Waals surface area contributed by atoms with Crippen LogP contribution in [-0.4, -0.2) is 5.91 Å². The SMILES string of the molecule is CCC(=O)Nc1cccc(F)c1COc1ccc(F)cc1C(F)F. The van der Waals surface area contributed by atoms with Crippen molar-refractivity contribution >= 4 is 11.6 Å². The molecule has 0 unspecified atom stereocenters. The summed E-state index contributed by atoms with van der Waals surface area (Å²) in [6.07, 6.45) is -2.74. The zero-order chi connectivity index (χ0) is 17.7. The minimum atomic E-state index is -2.93. The number of alkyl halides is 2. The fourth-order valence-corrected chi connectivity index (χ4v) is 2.03. The van der Waals surface area contributed by atoms with Gasteiger partial charge in [-0.1, -0.05) is 13.0 Å². The Bertz CT molecular complexity index is 735. The Kier molecular flexibility index (Phi) is 5.78. The highest BCUT2D eigenvalue weighted by Crippen LogP contribution is 2.31. The van der Waals surface area contributed by atoms with Crippen molar-refractivity contribution in [2.24, 2.45) is 0 Å². The first-order valence-electron chi connectivity index (χ1n) is 7.20. The van der Waals surface area contributed by atoms with Crippen molar-refractivity contribution in [2.45, 2.75) is 26.4 Å². The van der Waals surface area contributed by atoms with Crippen molar-refractivity contribution in [2.75, 3.05) is 5.32 Å². The molecular weight excluding hydrogens is 326 g/mol. The van der Waals surface area contributed by atoms with Crippen LogP contribution in [0.3, 0.4) is 0 Å². The maximum absolute atomic E-state index is 14.0. The molecule has 1 amide bonds. The first-order chi connectivity index (χ1) is 11.4. The van der Waals surface area contributed by atoms with Crippen LogP contribution in [-0.2, 0) is 11.4 Å². The van der Waals surface area contributed by atoms with Crippen LogP contribution in [0.25, 0.3) is 0 Å². The topological polar surface area (TPSA) is 38.3 Å². The summed E-state index contributed by atoms with van der Waals surface area (Å²) >= 11 is 0. The van der Waals surface area contributed by atoms with Crippen molar-refractivity contribution in [1.82, 2.24) is 0 Å². The van der Waals surface area contributed by atoms with Gasteiger partial charge in [-0.25, -0.2) is 17.6 Å². The van der Waals surface area contributed by atoms with Gasteiger partial charge in [-0.05, 0) is 30.3 Å². The molecule has 0 saturated carbocycles.